The highest BCUT2D eigenvalue weighted by Gasteiger charge is 2.33. The first-order chi connectivity index (χ1) is 12.3. The van der Waals surface area contributed by atoms with E-state index in [9.17, 15) is 0 Å². The van der Waals surface area contributed by atoms with Crippen LogP contribution in [0, 0.1) is 5.92 Å². The van der Waals surface area contributed by atoms with Gasteiger partial charge in [-0.25, -0.2) is 4.98 Å². The average molecular weight is 332 g/mol. The highest BCUT2D eigenvalue weighted by Crippen LogP contribution is 2.32. The number of likely N-dealkylation sites (tertiary alicyclic amines) is 1. The van der Waals surface area contributed by atoms with Crippen LogP contribution in [0.15, 0.2) is 73.1 Å². The summed E-state index contributed by atoms with van der Waals surface area (Å²) in [5, 5.41) is 0. The second kappa shape index (κ2) is 7.21. The van der Waals surface area contributed by atoms with E-state index >= 15 is 0 Å². The van der Waals surface area contributed by atoms with E-state index in [-0.39, 0.29) is 0 Å². The second-order valence-electron chi connectivity index (χ2n) is 6.76. The Morgan fingerprint density at radius 3 is 2.40 bits per heavy atom. The van der Waals surface area contributed by atoms with Crippen LogP contribution in [0.4, 0.5) is 0 Å². The Morgan fingerprint density at radius 2 is 1.68 bits per heavy atom. The minimum Gasteiger partial charge on any atom is -0.330 e. The van der Waals surface area contributed by atoms with Crippen LogP contribution in [0.25, 0.3) is 5.69 Å². The number of hydrogen-bond acceptors (Lipinski definition) is 3. The van der Waals surface area contributed by atoms with E-state index in [1.807, 2.05) is 18.5 Å². The fourth-order valence-corrected chi connectivity index (χ4v) is 3.88. The van der Waals surface area contributed by atoms with Crippen LogP contribution in [0.5, 0.6) is 0 Å². The van der Waals surface area contributed by atoms with Gasteiger partial charge >= 0.3 is 0 Å². The predicted octanol–water partition coefficient (Wildman–Crippen LogP) is 3.05. The van der Waals surface area contributed by atoms with Crippen LogP contribution in [0.3, 0.4) is 0 Å². The zero-order valence-corrected chi connectivity index (χ0v) is 14.3. The van der Waals surface area contributed by atoms with Gasteiger partial charge in [-0.05, 0) is 30.2 Å². The normalized spacial score (nSPS) is 20.8. The molecular formula is C21H24N4. The van der Waals surface area contributed by atoms with Crippen LogP contribution in [-0.4, -0.2) is 34.1 Å². The van der Waals surface area contributed by atoms with E-state index < -0.39 is 0 Å². The van der Waals surface area contributed by atoms with Crippen molar-refractivity contribution in [2.24, 2.45) is 11.7 Å². The maximum absolute atomic E-state index is 6.07. The molecule has 3 aromatic rings. The molecule has 0 unspecified atom stereocenters. The molecule has 0 amide bonds. The lowest BCUT2D eigenvalue weighted by atomic mass is 9.89. The minimum absolute atomic E-state index is 0.502. The number of aromatic nitrogens is 2. The monoisotopic (exact) mass is 332 g/mol. The average Bonchev–Trinajstić information content (AvgIpc) is 3.30. The molecule has 0 radical (unpaired) electrons. The summed E-state index contributed by atoms with van der Waals surface area (Å²) >= 11 is 0. The molecule has 25 heavy (non-hydrogen) atoms. The molecular weight excluding hydrogens is 308 g/mol. The van der Waals surface area contributed by atoms with Gasteiger partial charge in [-0.2, -0.15) is 0 Å². The Balaban J connectivity index is 1.52. The fourth-order valence-electron chi connectivity index (χ4n) is 3.88. The summed E-state index contributed by atoms with van der Waals surface area (Å²) in [7, 11) is 0. The number of imidazole rings is 1. The largest absolute Gasteiger partial charge is 0.330 e. The lowest BCUT2D eigenvalue weighted by Crippen LogP contribution is -2.24. The second-order valence-corrected chi connectivity index (χ2v) is 6.76. The third-order valence-corrected chi connectivity index (χ3v) is 5.16. The van der Waals surface area contributed by atoms with E-state index in [0.29, 0.717) is 11.8 Å². The molecule has 1 aliphatic heterocycles. The van der Waals surface area contributed by atoms with Gasteiger partial charge in [-0.15, -0.1) is 0 Å². The molecule has 4 rings (SSSR count). The first-order valence-electron chi connectivity index (χ1n) is 8.90. The molecule has 2 aromatic carbocycles. The van der Waals surface area contributed by atoms with Crippen LogP contribution >= 0.6 is 0 Å². The number of nitrogens with two attached hydrogens (primary N) is 1. The van der Waals surface area contributed by atoms with Gasteiger partial charge in [-0.3, -0.25) is 4.90 Å². The van der Waals surface area contributed by atoms with Crippen LogP contribution < -0.4 is 5.73 Å². The molecule has 4 heteroatoms. The van der Waals surface area contributed by atoms with Crippen LogP contribution in [0.1, 0.15) is 17.3 Å². The first-order valence-corrected chi connectivity index (χ1v) is 8.90. The zero-order chi connectivity index (χ0) is 17.1. The van der Waals surface area contributed by atoms with Crippen LogP contribution in [0.2, 0.25) is 0 Å². The number of para-hydroxylation sites is 1. The third-order valence-electron chi connectivity index (χ3n) is 5.16. The van der Waals surface area contributed by atoms with Crippen molar-refractivity contribution in [2.45, 2.75) is 12.5 Å². The van der Waals surface area contributed by atoms with E-state index in [2.05, 4.69) is 69.0 Å². The number of rotatable bonds is 5. The Hall–Kier alpha value is -2.43. The molecule has 2 atom stereocenters. The lowest BCUT2D eigenvalue weighted by molar-refractivity contribution is 0.307. The SMILES string of the molecule is NC[C@@H]1CN(Cc2nccn2-c2ccccc2)C[C@H]1c1ccccc1. The summed E-state index contributed by atoms with van der Waals surface area (Å²) in [4.78, 5) is 7.08. The van der Waals surface area contributed by atoms with Crippen molar-refractivity contribution in [3.63, 3.8) is 0 Å². The molecule has 2 heterocycles. The smallest absolute Gasteiger partial charge is 0.127 e. The number of nitrogens with zero attached hydrogens (tertiary/aromatic N) is 3. The van der Waals surface area contributed by atoms with Crippen molar-refractivity contribution >= 4 is 0 Å². The lowest BCUT2D eigenvalue weighted by Gasteiger charge is -2.17. The van der Waals surface area contributed by atoms with E-state index in [4.69, 9.17) is 5.73 Å². The molecule has 1 aliphatic rings. The molecule has 128 valence electrons. The molecule has 0 spiro atoms. The quantitative estimate of drug-likeness (QED) is 0.781. The highest BCUT2D eigenvalue weighted by molar-refractivity contribution is 5.33. The molecule has 0 saturated carbocycles. The summed E-state index contributed by atoms with van der Waals surface area (Å²) in [5.41, 5.74) is 8.62. The maximum Gasteiger partial charge on any atom is 0.127 e. The topological polar surface area (TPSA) is 47.1 Å². The molecule has 1 fully saturated rings. The fraction of sp³-hybridized carbons (Fsp3) is 0.286. The minimum atomic E-state index is 0.502. The van der Waals surface area contributed by atoms with E-state index in [1.165, 1.54) is 5.56 Å². The van der Waals surface area contributed by atoms with Crippen molar-refractivity contribution in [2.75, 3.05) is 19.6 Å². The van der Waals surface area contributed by atoms with Crippen molar-refractivity contribution < 1.29 is 0 Å². The van der Waals surface area contributed by atoms with Gasteiger partial charge in [0.15, 0.2) is 0 Å². The third kappa shape index (κ3) is 3.36. The Labute approximate surface area is 148 Å². The van der Waals surface area contributed by atoms with Crippen molar-refractivity contribution in [1.29, 1.82) is 0 Å². The van der Waals surface area contributed by atoms with E-state index in [0.717, 1.165) is 37.7 Å². The highest BCUT2D eigenvalue weighted by atomic mass is 15.2. The van der Waals surface area contributed by atoms with Gasteiger partial charge in [0, 0.05) is 37.1 Å². The van der Waals surface area contributed by atoms with E-state index in [1.54, 1.807) is 0 Å². The molecule has 0 aliphatic carbocycles. The van der Waals surface area contributed by atoms with Gasteiger partial charge in [0.05, 0.1) is 6.54 Å². The first kappa shape index (κ1) is 16.1. The molecule has 2 N–H and O–H groups in total. The van der Waals surface area contributed by atoms with Crippen molar-refractivity contribution in [3.05, 3.63) is 84.4 Å². The zero-order valence-electron chi connectivity index (χ0n) is 14.3. The summed E-state index contributed by atoms with van der Waals surface area (Å²) in [5.74, 6) is 2.09. The molecule has 0 bridgehead atoms. The number of hydrogen-bond donors (Lipinski definition) is 1. The Morgan fingerprint density at radius 1 is 0.960 bits per heavy atom. The summed E-state index contributed by atoms with van der Waals surface area (Å²) in [6.07, 6.45) is 3.92. The van der Waals surface area contributed by atoms with Gasteiger partial charge in [0.25, 0.3) is 0 Å². The summed E-state index contributed by atoms with van der Waals surface area (Å²) in [6.45, 7) is 3.64. The van der Waals surface area contributed by atoms with Crippen molar-refractivity contribution in [1.82, 2.24) is 14.5 Å². The molecule has 1 saturated heterocycles. The predicted molar refractivity (Wildman–Crippen MR) is 101 cm³/mol. The molecule has 4 nitrogen and oxygen atoms in total. The van der Waals surface area contributed by atoms with Gasteiger partial charge < -0.3 is 10.3 Å². The van der Waals surface area contributed by atoms with Gasteiger partial charge in [-0.1, -0.05) is 48.5 Å². The Kier molecular flexibility index (Phi) is 4.63. The van der Waals surface area contributed by atoms with Crippen molar-refractivity contribution in [3.8, 4) is 5.69 Å². The summed E-state index contributed by atoms with van der Waals surface area (Å²) < 4.78 is 2.17. The number of benzene rings is 2. The molecule has 1 aromatic heterocycles. The Bertz CT molecular complexity index is 797. The van der Waals surface area contributed by atoms with Crippen LogP contribution in [-0.2, 0) is 6.54 Å². The van der Waals surface area contributed by atoms with Gasteiger partial charge in [0.2, 0.25) is 0 Å². The van der Waals surface area contributed by atoms with Gasteiger partial charge in [0.1, 0.15) is 5.82 Å². The standard InChI is InChI=1S/C21H24N4/c22-13-18-14-24(15-20(18)17-7-3-1-4-8-17)16-21-23-11-12-25(21)19-9-5-2-6-10-19/h1-12,18,20H,13-16,22H2/t18-,20+/m1/s1. The summed E-state index contributed by atoms with van der Waals surface area (Å²) in [6, 6.07) is 21.1. The maximum atomic E-state index is 6.07.